The number of nitrogens with one attached hydrogen (secondary N) is 1. The van der Waals surface area contributed by atoms with Crippen molar-refractivity contribution >= 4 is 56.3 Å². The Morgan fingerprint density at radius 1 is 0.868 bits per heavy atom. The third-order valence-corrected chi connectivity index (χ3v) is 8.49. The SMILES string of the molecule is CCn1c2ccccc2c2cc(C3Nc4ccccc4N=C4CC(c5ccc(Cl)cc5)CC(=O)C43)ccc21. The van der Waals surface area contributed by atoms with E-state index in [1.54, 1.807) is 0 Å². The monoisotopic (exact) mass is 517 g/mol. The average molecular weight is 518 g/mol. The molecule has 0 bridgehead atoms. The highest BCUT2D eigenvalue weighted by atomic mass is 35.5. The van der Waals surface area contributed by atoms with Gasteiger partial charge >= 0.3 is 0 Å². The largest absolute Gasteiger partial charge is 0.375 e. The number of aryl methyl sites for hydroxylation is 1. The summed E-state index contributed by atoms with van der Waals surface area (Å²) < 4.78 is 2.36. The zero-order valence-corrected chi connectivity index (χ0v) is 22.0. The van der Waals surface area contributed by atoms with Crippen LogP contribution in [0.4, 0.5) is 11.4 Å². The Labute approximate surface area is 227 Å². The summed E-state index contributed by atoms with van der Waals surface area (Å²) in [5, 5.41) is 6.91. The van der Waals surface area contributed by atoms with Gasteiger partial charge in [0.2, 0.25) is 0 Å². The third kappa shape index (κ3) is 3.74. The maximum atomic E-state index is 13.9. The maximum absolute atomic E-state index is 13.9. The summed E-state index contributed by atoms with van der Waals surface area (Å²) in [4.78, 5) is 19.1. The van der Waals surface area contributed by atoms with Crippen LogP contribution in [0.5, 0.6) is 0 Å². The van der Waals surface area contributed by atoms with Gasteiger partial charge in [0.1, 0.15) is 5.78 Å². The number of para-hydroxylation sites is 3. The summed E-state index contributed by atoms with van der Waals surface area (Å²) in [6, 6.07) is 31.1. The van der Waals surface area contributed by atoms with Gasteiger partial charge in [-0.1, -0.05) is 60.1 Å². The van der Waals surface area contributed by atoms with Gasteiger partial charge in [-0.15, -0.1) is 0 Å². The van der Waals surface area contributed by atoms with Crippen LogP contribution < -0.4 is 5.32 Å². The van der Waals surface area contributed by atoms with Crippen LogP contribution in [0.25, 0.3) is 21.8 Å². The number of aromatic nitrogens is 1. The highest BCUT2D eigenvalue weighted by molar-refractivity contribution is 6.30. The van der Waals surface area contributed by atoms with Crippen LogP contribution in [0, 0.1) is 5.92 Å². The predicted molar refractivity (Wildman–Crippen MR) is 157 cm³/mol. The molecule has 188 valence electrons. The Hall–Kier alpha value is -3.89. The molecule has 2 aliphatic rings. The van der Waals surface area contributed by atoms with E-state index in [9.17, 15) is 4.79 Å². The quantitative estimate of drug-likeness (QED) is 0.261. The third-order valence-electron chi connectivity index (χ3n) is 8.23. The average Bonchev–Trinajstić information content (AvgIpc) is 3.15. The second-order valence-corrected chi connectivity index (χ2v) is 10.8. The number of hydrogen-bond acceptors (Lipinski definition) is 3. The molecule has 4 aromatic carbocycles. The van der Waals surface area contributed by atoms with Gasteiger partial charge in [-0.05, 0) is 72.9 Å². The lowest BCUT2D eigenvalue weighted by Gasteiger charge is -2.34. The van der Waals surface area contributed by atoms with E-state index in [1.165, 1.54) is 21.8 Å². The van der Waals surface area contributed by atoms with Crippen molar-refractivity contribution in [3.8, 4) is 0 Å². The van der Waals surface area contributed by atoms with Crippen molar-refractivity contribution in [2.75, 3.05) is 5.32 Å². The van der Waals surface area contributed by atoms with Gasteiger partial charge in [0.05, 0.1) is 23.3 Å². The Morgan fingerprint density at radius 2 is 1.61 bits per heavy atom. The molecule has 5 heteroatoms. The van der Waals surface area contributed by atoms with E-state index in [0.29, 0.717) is 11.4 Å². The fraction of sp³-hybridized carbons (Fsp3) is 0.212. The molecule has 0 saturated heterocycles. The highest BCUT2D eigenvalue weighted by Gasteiger charge is 2.41. The molecule has 0 amide bonds. The molecule has 1 aromatic heterocycles. The minimum Gasteiger partial charge on any atom is -0.375 e. The number of fused-ring (bicyclic) bond motifs is 5. The predicted octanol–water partition coefficient (Wildman–Crippen LogP) is 8.47. The molecular weight excluding hydrogens is 490 g/mol. The number of benzene rings is 4. The lowest BCUT2D eigenvalue weighted by Crippen LogP contribution is -2.38. The van der Waals surface area contributed by atoms with E-state index in [0.717, 1.165) is 41.2 Å². The van der Waals surface area contributed by atoms with Gasteiger partial charge in [0, 0.05) is 45.5 Å². The molecule has 1 saturated carbocycles. The number of carbonyl (C=O) groups is 1. The summed E-state index contributed by atoms with van der Waals surface area (Å²) >= 11 is 6.14. The minimum atomic E-state index is -0.317. The fourth-order valence-electron chi connectivity index (χ4n) is 6.45. The van der Waals surface area contributed by atoms with Gasteiger partial charge in [0.25, 0.3) is 0 Å². The molecule has 1 N–H and O–H groups in total. The van der Waals surface area contributed by atoms with Gasteiger partial charge < -0.3 is 9.88 Å². The van der Waals surface area contributed by atoms with Crippen molar-refractivity contribution in [3.05, 3.63) is 107 Å². The molecule has 1 aliphatic carbocycles. The molecule has 2 heterocycles. The number of nitrogens with zero attached hydrogens (tertiary/aromatic N) is 2. The van der Waals surface area contributed by atoms with Crippen molar-refractivity contribution < 1.29 is 4.79 Å². The number of aliphatic imine (C=N–C) groups is 1. The molecule has 1 fully saturated rings. The van der Waals surface area contributed by atoms with Crippen molar-refractivity contribution in [1.29, 1.82) is 0 Å². The topological polar surface area (TPSA) is 46.4 Å². The van der Waals surface area contributed by atoms with Crippen LogP contribution >= 0.6 is 11.6 Å². The first-order valence-electron chi connectivity index (χ1n) is 13.3. The Morgan fingerprint density at radius 3 is 2.45 bits per heavy atom. The van der Waals surface area contributed by atoms with Crippen LogP contribution in [-0.2, 0) is 11.3 Å². The highest BCUT2D eigenvalue weighted by Crippen LogP contribution is 2.45. The lowest BCUT2D eigenvalue weighted by atomic mass is 9.72. The lowest BCUT2D eigenvalue weighted by molar-refractivity contribution is -0.122. The van der Waals surface area contributed by atoms with Crippen molar-refractivity contribution in [2.45, 2.75) is 38.3 Å². The van der Waals surface area contributed by atoms with Crippen LogP contribution in [0.1, 0.15) is 42.9 Å². The Balaban J connectivity index is 1.36. The van der Waals surface area contributed by atoms with E-state index < -0.39 is 0 Å². The standard InChI is InChI=1S/C33H28ClN3O/c1-2-37-29-10-6-3-7-24(29)25-17-21(13-16-30(25)37)33-32-28(35-26-8-4-5-9-27(26)36-33)18-22(19-31(32)38)20-11-14-23(34)15-12-20/h3-17,22,32-33,36H,2,18-19H2,1H3. The van der Waals surface area contributed by atoms with Gasteiger partial charge in [-0.25, -0.2) is 0 Å². The number of rotatable bonds is 3. The number of halogens is 1. The molecule has 4 nitrogen and oxygen atoms in total. The Bertz CT molecular complexity index is 1730. The second kappa shape index (κ2) is 9.14. The molecule has 1 aliphatic heterocycles. The summed E-state index contributed by atoms with van der Waals surface area (Å²) in [5.74, 6) is 0.0185. The van der Waals surface area contributed by atoms with E-state index in [-0.39, 0.29) is 23.7 Å². The fourth-order valence-corrected chi connectivity index (χ4v) is 6.58. The first-order valence-corrected chi connectivity index (χ1v) is 13.7. The summed E-state index contributed by atoms with van der Waals surface area (Å²) in [5.41, 5.74) is 7.53. The van der Waals surface area contributed by atoms with E-state index >= 15 is 0 Å². The van der Waals surface area contributed by atoms with E-state index in [4.69, 9.17) is 16.6 Å². The normalized spacial score (nSPS) is 20.9. The molecule has 0 radical (unpaired) electrons. The number of hydrogen-bond donors (Lipinski definition) is 1. The van der Waals surface area contributed by atoms with Gasteiger partial charge in [-0.3, -0.25) is 9.79 Å². The van der Waals surface area contributed by atoms with Crippen LogP contribution in [0.2, 0.25) is 5.02 Å². The van der Waals surface area contributed by atoms with Crippen molar-refractivity contribution in [2.24, 2.45) is 10.9 Å². The van der Waals surface area contributed by atoms with Crippen LogP contribution in [0.15, 0.2) is 96.0 Å². The first kappa shape index (κ1) is 23.2. The van der Waals surface area contributed by atoms with Crippen molar-refractivity contribution in [1.82, 2.24) is 4.57 Å². The Kier molecular flexibility index (Phi) is 5.59. The molecule has 38 heavy (non-hydrogen) atoms. The zero-order valence-electron chi connectivity index (χ0n) is 21.2. The van der Waals surface area contributed by atoms with E-state index in [2.05, 4.69) is 65.3 Å². The maximum Gasteiger partial charge on any atom is 0.144 e. The van der Waals surface area contributed by atoms with Crippen molar-refractivity contribution in [3.63, 3.8) is 0 Å². The zero-order chi connectivity index (χ0) is 25.8. The summed E-state index contributed by atoms with van der Waals surface area (Å²) in [7, 11) is 0. The van der Waals surface area contributed by atoms with E-state index in [1.807, 2.05) is 42.5 Å². The molecule has 5 aromatic rings. The minimum absolute atomic E-state index is 0.102. The molecule has 0 spiro atoms. The smallest absolute Gasteiger partial charge is 0.144 e. The number of Topliss-reactive ketones (excluding diaryl/α,β-unsaturated/α-hetero) is 1. The molecular formula is C33H28ClN3O. The number of ketones is 1. The summed E-state index contributed by atoms with van der Waals surface area (Å²) in [6.45, 7) is 3.09. The van der Waals surface area contributed by atoms with Gasteiger partial charge in [0.15, 0.2) is 0 Å². The molecule has 7 rings (SSSR count). The number of carbonyl (C=O) groups excluding carboxylic acids is 1. The van der Waals surface area contributed by atoms with Gasteiger partial charge in [-0.2, -0.15) is 0 Å². The molecule has 3 unspecified atom stereocenters. The number of anilines is 1. The summed E-state index contributed by atoms with van der Waals surface area (Å²) in [6.07, 6.45) is 1.25. The van der Waals surface area contributed by atoms with Crippen LogP contribution in [-0.4, -0.2) is 16.1 Å². The second-order valence-electron chi connectivity index (χ2n) is 10.4. The molecule has 3 atom stereocenters. The van der Waals surface area contributed by atoms with Crippen LogP contribution in [0.3, 0.4) is 0 Å². The first-order chi connectivity index (χ1) is 18.6.